The Morgan fingerprint density at radius 1 is 1.15 bits per heavy atom. The van der Waals surface area contributed by atoms with Crippen molar-refractivity contribution in [2.45, 2.75) is 57.0 Å². The van der Waals surface area contributed by atoms with E-state index in [1.165, 1.54) is 11.1 Å². The number of rotatable bonds is 4. The molecule has 0 spiro atoms. The average molecular weight is 389 g/mol. The maximum atomic E-state index is 10.1. The third-order valence-electron chi connectivity index (χ3n) is 5.38. The second kappa shape index (κ2) is 7.80. The maximum absolute atomic E-state index is 10.1. The van der Waals surface area contributed by atoms with Crippen molar-refractivity contribution in [1.29, 1.82) is 0 Å². The smallest absolute Gasteiger partial charge is 0.123 e. The van der Waals surface area contributed by atoms with E-state index in [1.807, 2.05) is 18.2 Å². The first-order valence-electron chi connectivity index (χ1n) is 9.53. The molecule has 2 aromatic carbocycles. The molecule has 2 heterocycles. The molecule has 0 radical (unpaired) electrons. The largest absolute Gasteiger partial charge is 0.490 e. The van der Waals surface area contributed by atoms with Gasteiger partial charge >= 0.3 is 0 Å². The van der Waals surface area contributed by atoms with E-state index in [9.17, 15) is 10.2 Å². The second-order valence-electron chi connectivity index (χ2n) is 7.66. The van der Waals surface area contributed by atoms with Gasteiger partial charge in [0.2, 0.25) is 0 Å². The Hall–Kier alpha value is -1.59. The fourth-order valence-electron chi connectivity index (χ4n) is 4.06. The van der Waals surface area contributed by atoms with Crippen LogP contribution in [0.3, 0.4) is 0 Å². The van der Waals surface area contributed by atoms with Gasteiger partial charge in [-0.1, -0.05) is 35.9 Å². The molecule has 5 heteroatoms. The fourth-order valence-corrected chi connectivity index (χ4v) is 4.24. The van der Waals surface area contributed by atoms with Gasteiger partial charge in [0.25, 0.3) is 0 Å². The van der Waals surface area contributed by atoms with Crippen molar-refractivity contribution in [2.75, 3.05) is 6.61 Å². The predicted octanol–water partition coefficient (Wildman–Crippen LogP) is 3.83. The summed E-state index contributed by atoms with van der Waals surface area (Å²) in [4.78, 5) is 0. The van der Waals surface area contributed by atoms with Crippen LogP contribution in [0.25, 0.3) is 0 Å². The number of aliphatic hydroxyl groups is 2. The number of ether oxygens (including phenoxy) is 2. The van der Waals surface area contributed by atoms with Crippen molar-refractivity contribution >= 4 is 11.6 Å². The molecule has 1 saturated heterocycles. The Bertz CT molecular complexity index is 822. The molecule has 2 N–H and O–H groups in total. The molecule has 27 heavy (non-hydrogen) atoms. The second-order valence-corrected chi connectivity index (χ2v) is 8.06. The average Bonchev–Trinajstić information content (AvgIpc) is 3.02. The van der Waals surface area contributed by atoms with Gasteiger partial charge in [0.15, 0.2) is 0 Å². The third kappa shape index (κ3) is 4.14. The van der Waals surface area contributed by atoms with Crippen LogP contribution in [0.5, 0.6) is 5.75 Å². The van der Waals surface area contributed by atoms with Gasteiger partial charge in [-0.15, -0.1) is 0 Å². The van der Waals surface area contributed by atoms with E-state index in [0.717, 1.165) is 34.7 Å². The lowest BCUT2D eigenvalue weighted by atomic mass is 9.93. The first-order chi connectivity index (χ1) is 13.0. The summed E-state index contributed by atoms with van der Waals surface area (Å²) in [6, 6.07) is 12.2. The van der Waals surface area contributed by atoms with E-state index in [-0.39, 0.29) is 24.9 Å². The Morgan fingerprint density at radius 2 is 2.00 bits per heavy atom. The molecule has 2 aromatic rings. The van der Waals surface area contributed by atoms with Crippen LogP contribution < -0.4 is 4.74 Å². The first-order valence-corrected chi connectivity index (χ1v) is 9.90. The van der Waals surface area contributed by atoms with Crippen LogP contribution in [0.15, 0.2) is 36.4 Å². The maximum Gasteiger partial charge on any atom is 0.123 e. The van der Waals surface area contributed by atoms with Crippen LogP contribution in [0.4, 0.5) is 0 Å². The molecule has 4 nitrogen and oxygen atoms in total. The SMILES string of the molecule is CC1Cc2cc(Cc3cc(C4CC(O)CC(CO)O4)ccc3Cl)ccc2O1. The van der Waals surface area contributed by atoms with E-state index >= 15 is 0 Å². The van der Waals surface area contributed by atoms with Crippen molar-refractivity contribution in [3.63, 3.8) is 0 Å². The molecule has 0 bridgehead atoms. The highest BCUT2D eigenvalue weighted by Crippen LogP contribution is 2.35. The highest BCUT2D eigenvalue weighted by Gasteiger charge is 2.29. The minimum atomic E-state index is -0.460. The van der Waals surface area contributed by atoms with E-state index in [1.54, 1.807) is 0 Å². The summed E-state index contributed by atoms with van der Waals surface area (Å²) < 4.78 is 11.7. The zero-order chi connectivity index (χ0) is 19.0. The molecule has 144 valence electrons. The molecular formula is C22H25ClO4. The van der Waals surface area contributed by atoms with Gasteiger partial charge in [-0.25, -0.2) is 0 Å². The van der Waals surface area contributed by atoms with E-state index in [2.05, 4.69) is 25.1 Å². The number of benzene rings is 2. The molecule has 0 aromatic heterocycles. The first kappa shape index (κ1) is 18.8. The molecule has 2 aliphatic heterocycles. The van der Waals surface area contributed by atoms with Crippen molar-refractivity contribution in [1.82, 2.24) is 0 Å². The molecule has 0 amide bonds. The van der Waals surface area contributed by atoms with Gasteiger partial charge < -0.3 is 19.7 Å². The van der Waals surface area contributed by atoms with Crippen LogP contribution >= 0.6 is 11.6 Å². The molecule has 0 saturated carbocycles. The zero-order valence-electron chi connectivity index (χ0n) is 15.4. The Kier molecular flexibility index (Phi) is 5.42. The van der Waals surface area contributed by atoms with Crippen LogP contribution in [-0.2, 0) is 17.6 Å². The molecule has 4 rings (SSSR count). The molecule has 4 atom stereocenters. The fraction of sp³-hybridized carbons (Fsp3) is 0.455. The zero-order valence-corrected chi connectivity index (χ0v) is 16.2. The Morgan fingerprint density at radius 3 is 2.81 bits per heavy atom. The number of halogens is 1. The van der Waals surface area contributed by atoms with Crippen molar-refractivity contribution < 1.29 is 19.7 Å². The summed E-state index contributed by atoms with van der Waals surface area (Å²) in [5.41, 5.74) is 4.47. The summed E-state index contributed by atoms with van der Waals surface area (Å²) in [7, 11) is 0. The van der Waals surface area contributed by atoms with Gasteiger partial charge in [0.05, 0.1) is 24.9 Å². The number of aliphatic hydroxyl groups excluding tert-OH is 2. The van der Waals surface area contributed by atoms with Gasteiger partial charge in [-0.3, -0.25) is 0 Å². The lowest BCUT2D eigenvalue weighted by molar-refractivity contribution is -0.113. The van der Waals surface area contributed by atoms with Crippen LogP contribution in [0.1, 0.15) is 48.1 Å². The predicted molar refractivity (Wildman–Crippen MR) is 104 cm³/mol. The number of hydrogen-bond acceptors (Lipinski definition) is 4. The van der Waals surface area contributed by atoms with Crippen LogP contribution in [0.2, 0.25) is 5.02 Å². The van der Waals surface area contributed by atoms with Crippen molar-refractivity contribution in [3.05, 3.63) is 63.7 Å². The lowest BCUT2D eigenvalue weighted by Crippen LogP contribution is -2.33. The standard InChI is InChI=1S/C22H25ClO4/c1-13-6-17-8-14(2-5-21(17)26-13)7-16-9-15(3-4-20(16)23)22-11-18(25)10-19(12-24)27-22/h2-5,8-9,13,18-19,22,24-25H,6-7,10-12H2,1H3. The molecule has 2 aliphatic rings. The van der Waals surface area contributed by atoms with E-state index in [0.29, 0.717) is 12.8 Å². The lowest BCUT2D eigenvalue weighted by Gasteiger charge is -2.32. The van der Waals surface area contributed by atoms with E-state index in [4.69, 9.17) is 21.1 Å². The minimum absolute atomic E-state index is 0.0797. The van der Waals surface area contributed by atoms with Gasteiger partial charge in [-0.05, 0) is 47.7 Å². The summed E-state index contributed by atoms with van der Waals surface area (Å²) >= 11 is 6.46. The Balaban J connectivity index is 1.55. The summed E-state index contributed by atoms with van der Waals surface area (Å²) in [6.45, 7) is 2.00. The third-order valence-corrected chi connectivity index (χ3v) is 5.75. The van der Waals surface area contributed by atoms with E-state index < -0.39 is 6.10 Å². The summed E-state index contributed by atoms with van der Waals surface area (Å²) in [5, 5.41) is 20.2. The van der Waals surface area contributed by atoms with Crippen molar-refractivity contribution in [3.8, 4) is 5.75 Å². The summed E-state index contributed by atoms with van der Waals surface area (Å²) in [6.07, 6.45) is 1.90. The molecule has 4 unspecified atom stereocenters. The van der Waals surface area contributed by atoms with Crippen molar-refractivity contribution in [2.24, 2.45) is 0 Å². The number of hydrogen-bond donors (Lipinski definition) is 2. The summed E-state index contributed by atoms with van der Waals surface area (Å²) in [5.74, 6) is 0.978. The quantitative estimate of drug-likeness (QED) is 0.835. The number of fused-ring (bicyclic) bond motifs is 1. The van der Waals surface area contributed by atoms with Crippen LogP contribution in [0, 0.1) is 0 Å². The Labute approximate surface area is 164 Å². The van der Waals surface area contributed by atoms with Gasteiger partial charge in [0, 0.05) is 24.3 Å². The monoisotopic (exact) mass is 388 g/mol. The van der Waals surface area contributed by atoms with Gasteiger partial charge in [-0.2, -0.15) is 0 Å². The molecule has 1 fully saturated rings. The van der Waals surface area contributed by atoms with Gasteiger partial charge in [0.1, 0.15) is 11.9 Å². The molecule has 0 aliphatic carbocycles. The normalized spacial score (nSPS) is 27.3. The minimum Gasteiger partial charge on any atom is -0.490 e. The highest BCUT2D eigenvalue weighted by atomic mass is 35.5. The highest BCUT2D eigenvalue weighted by molar-refractivity contribution is 6.31. The topological polar surface area (TPSA) is 58.9 Å². The molecular weight excluding hydrogens is 364 g/mol. The van der Waals surface area contributed by atoms with Crippen LogP contribution in [-0.4, -0.2) is 35.1 Å².